The summed E-state index contributed by atoms with van der Waals surface area (Å²) in [4.78, 5) is 16.3. The Morgan fingerprint density at radius 2 is 2.11 bits per heavy atom. The average molecular weight is 252 g/mol. The molecule has 5 heteroatoms. The molecule has 0 saturated carbocycles. The molecule has 2 aromatic heterocycles. The van der Waals surface area contributed by atoms with Gasteiger partial charge in [-0.3, -0.25) is 14.5 Å². The first kappa shape index (κ1) is 11.4. The van der Waals surface area contributed by atoms with Crippen molar-refractivity contribution in [2.75, 3.05) is 5.32 Å². The third kappa shape index (κ3) is 2.18. The van der Waals surface area contributed by atoms with Gasteiger partial charge in [0.1, 0.15) is 5.69 Å². The van der Waals surface area contributed by atoms with Crippen LogP contribution in [0.4, 0.5) is 5.69 Å². The third-order valence-corrected chi connectivity index (χ3v) is 2.92. The molecule has 5 nitrogen and oxygen atoms in total. The molecule has 1 aromatic carbocycles. The molecule has 0 saturated heterocycles. The minimum atomic E-state index is -0.185. The van der Waals surface area contributed by atoms with E-state index in [1.807, 2.05) is 30.3 Å². The molecule has 0 radical (unpaired) electrons. The van der Waals surface area contributed by atoms with Gasteiger partial charge in [-0.05, 0) is 24.3 Å². The maximum Gasteiger partial charge on any atom is 0.273 e. The number of amides is 1. The highest BCUT2D eigenvalue weighted by atomic mass is 16.2. The molecule has 0 aliphatic carbocycles. The summed E-state index contributed by atoms with van der Waals surface area (Å²) in [5.74, 6) is -0.185. The molecular weight excluding hydrogens is 240 g/mol. The second kappa shape index (κ2) is 4.53. The first-order chi connectivity index (χ1) is 9.24. The number of hydrogen-bond donors (Lipinski definition) is 1. The second-order valence-corrected chi connectivity index (χ2v) is 4.21. The number of hydrogen-bond acceptors (Lipinski definition) is 3. The summed E-state index contributed by atoms with van der Waals surface area (Å²) in [5, 5.41) is 7.85. The fourth-order valence-corrected chi connectivity index (χ4v) is 1.94. The van der Waals surface area contributed by atoms with E-state index in [0.717, 1.165) is 16.6 Å². The van der Waals surface area contributed by atoms with Crippen LogP contribution in [0.15, 0.2) is 48.8 Å². The average Bonchev–Trinajstić information content (AvgIpc) is 2.85. The molecule has 1 N–H and O–H groups in total. The Morgan fingerprint density at radius 1 is 1.21 bits per heavy atom. The molecule has 0 fully saturated rings. The number of aryl methyl sites for hydroxylation is 1. The van der Waals surface area contributed by atoms with Gasteiger partial charge < -0.3 is 5.32 Å². The standard InChI is InChI=1S/C14H12N4O/c1-18-13(6-8-16-18)14(19)17-11-5-4-10-3-2-7-15-12(10)9-11/h2-9H,1H3,(H,17,19). The smallest absolute Gasteiger partial charge is 0.273 e. The molecular formula is C14H12N4O. The summed E-state index contributed by atoms with van der Waals surface area (Å²) in [6.45, 7) is 0. The van der Waals surface area contributed by atoms with Crippen LogP contribution in [0.3, 0.4) is 0 Å². The number of pyridine rings is 1. The van der Waals surface area contributed by atoms with Crippen LogP contribution in [0.25, 0.3) is 10.9 Å². The minimum absolute atomic E-state index is 0.185. The van der Waals surface area contributed by atoms with E-state index >= 15 is 0 Å². The summed E-state index contributed by atoms with van der Waals surface area (Å²) in [5.41, 5.74) is 2.09. The van der Waals surface area contributed by atoms with Crippen LogP contribution in [0, 0.1) is 0 Å². The van der Waals surface area contributed by atoms with Gasteiger partial charge in [0.15, 0.2) is 0 Å². The highest BCUT2D eigenvalue weighted by molar-refractivity contribution is 6.03. The quantitative estimate of drug-likeness (QED) is 0.760. The van der Waals surface area contributed by atoms with Gasteiger partial charge in [-0.2, -0.15) is 5.10 Å². The summed E-state index contributed by atoms with van der Waals surface area (Å²) in [6, 6.07) is 11.2. The second-order valence-electron chi connectivity index (χ2n) is 4.21. The number of benzene rings is 1. The SMILES string of the molecule is Cn1nccc1C(=O)Nc1ccc2cccnc2c1. The Labute approximate surface area is 109 Å². The van der Waals surface area contributed by atoms with Crippen molar-refractivity contribution in [3.05, 3.63) is 54.5 Å². The van der Waals surface area contributed by atoms with Crippen LogP contribution < -0.4 is 5.32 Å². The molecule has 0 atom stereocenters. The molecule has 3 rings (SSSR count). The Bertz CT molecular complexity index is 748. The molecule has 19 heavy (non-hydrogen) atoms. The Kier molecular flexibility index (Phi) is 2.72. The van der Waals surface area contributed by atoms with Gasteiger partial charge in [-0.25, -0.2) is 0 Å². The van der Waals surface area contributed by atoms with Gasteiger partial charge in [0.05, 0.1) is 5.52 Å². The fourth-order valence-electron chi connectivity index (χ4n) is 1.94. The molecule has 0 aliphatic rings. The van der Waals surface area contributed by atoms with Crippen LogP contribution in [-0.4, -0.2) is 20.7 Å². The van der Waals surface area contributed by atoms with Crippen molar-refractivity contribution in [2.45, 2.75) is 0 Å². The zero-order valence-electron chi connectivity index (χ0n) is 10.4. The zero-order valence-corrected chi connectivity index (χ0v) is 10.4. The monoisotopic (exact) mass is 252 g/mol. The number of rotatable bonds is 2. The fraction of sp³-hybridized carbons (Fsp3) is 0.0714. The van der Waals surface area contributed by atoms with Gasteiger partial charge in [0.25, 0.3) is 5.91 Å². The number of anilines is 1. The van der Waals surface area contributed by atoms with Gasteiger partial charge in [0, 0.05) is 30.5 Å². The number of nitrogens with zero attached hydrogens (tertiary/aromatic N) is 3. The van der Waals surface area contributed by atoms with E-state index in [-0.39, 0.29) is 5.91 Å². The van der Waals surface area contributed by atoms with Crippen LogP contribution in [0.5, 0.6) is 0 Å². The Hall–Kier alpha value is -2.69. The third-order valence-electron chi connectivity index (χ3n) is 2.92. The first-order valence-electron chi connectivity index (χ1n) is 5.88. The number of nitrogens with one attached hydrogen (secondary N) is 1. The van der Waals surface area contributed by atoms with Crippen LogP contribution in [-0.2, 0) is 7.05 Å². The first-order valence-corrected chi connectivity index (χ1v) is 5.88. The van der Waals surface area contributed by atoms with Gasteiger partial charge >= 0.3 is 0 Å². The molecule has 0 unspecified atom stereocenters. The van der Waals surface area contributed by atoms with Crippen LogP contribution >= 0.6 is 0 Å². The van der Waals surface area contributed by atoms with Gasteiger partial charge in [0.2, 0.25) is 0 Å². The molecule has 0 aliphatic heterocycles. The minimum Gasteiger partial charge on any atom is -0.321 e. The van der Waals surface area contributed by atoms with Gasteiger partial charge in [-0.15, -0.1) is 0 Å². The number of fused-ring (bicyclic) bond motifs is 1. The predicted octanol–water partition coefficient (Wildman–Crippen LogP) is 2.22. The largest absolute Gasteiger partial charge is 0.321 e. The van der Waals surface area contributed by atoms with E-state index in [1.165, 1.54) is 4.68 Å². The molecule has 2 heterocycles. The van der Waals surface area contributed by atoms with E-state index in [2.05, 4.69) is 15.4 Å². The lowest BCUT2D eigenvalue weighted by Crippen LogP contribution is -2.16. The predicted molar refractivity (Wildman–Crippen MR) is 72.9 cm³/mol. The summed E-state index contributed by atoms with van der Waals surface area (Å²) in [6.07, 6.45) is 3.33. The zero-order chi connectivity index (χ0) is 13.2. The van der Waals surface area contributed by atoms with Crippen molar-refractivity contribution in [1.82, 2.24) is 14.8 Å². The van der Waals surface area contributed by atoms with Crippen LogP contribution in [0.2, 0.25) is 0 Å². The number of carbonyl (C=O) groups is 1. The summed E-state index contributed by atoms with van der Waals surface area (Å²) < 4.78 is 1.54. The van der Waals surface area contributed by atoms with Crippen molar-refractivity contribution in [3.63, 3.8) is 0 Å². The van der Waals surface area contributed by atoms with Crippen molar-refractivity contribution >= 4 is 22.5 Å². The van der Waals surface area contributed by atoms with Crippen molar-refractivity contribution in [1.29, 1.82) is 0 Å². The lowest BCUT2D eigenvalue weighted by molar-refractivity contribution is 0.101. The maximum absolute atomic E-state index is 12.0. The van der Waals surface area contributed by atoms with Gasteiger partial charge in [-0.1, -0.05) is 12.1 Å². The number of carbonyl (C=O) groups excluding carboxylic acids is 1. The Morgan fingerprint density at radius 3 is 2.89 bits per heavy atom. The topological polar surface area (TPSA) is 59.8 Å². The molecule has 94 valence electrons. The molecule has 1 amide bonds. The van der Waals surface area contributed by atoms with E-state index in [0.29, 0.717) is 5.69 Å². The van der Waals surface area contributed by atoms with Crippen molar-refractivity contribution in [3.8, 4) is 0 Å². The lowest BCUT2D eigenvalue weighted by atomic mass is 10.2. The van der Waals surface area contributed by atoms with E-state index in [4.69, 9.17) is 0 Å². The van der Waals surface area contributed by atoms with E-state index in [1.54, 1.807) is 25.5 Å². The van der Waals surface area contributed by atoms with Crippen molar-refractivity contribution in [2.24, 2.45) is 7.05 Å². The molecule has 0 spiro atoms. The normalized spacial score (nSPS) is 10.6. The molecule has 0 bridgehead atoms. The van der Waals surface area contributed by atoms with Crippen LogP contribution in [0.1, 0.15) is 10.5 Å². The molecule has 3 aromatic rings. The van der Waals surface area contributed by atoms with Crippen molar-refractivity contribution < 1.29 is 4.79 Å². The van der Waals surface area contributed by atoms with E-state index < -0.39 is 0 Å². The Balaban J connectivity index is 1.89. The lowest BCUT2D eigenvalue weighted by Gasteiger charge is -2.06. The number of aromatic nitrogens is 3. The summed E-state index contributed by atoms with van der Waals surface area (Å²) >= 11 is 0. The maximum atomic E-state index is 12.0. The summed E-state index contributed by atoms with van der Waals surface area (Å²) in [7, 11) is 1.73. The highest BCUT2D eigenvalue weighted by Gasteiger charge is 2.10. The van der Waals surface area contributed by atoms with E-state index in [9.17, 15) is 4.79 Å². The highest BCUT2D eigenvalue weighted by Crippen LogP contribution is 2.17.